The second-order valence-corrected chi connectivity index (χ2v) is 5.91. The van der Waals surface area contributed by atoms with Crippen LogP contribution in [0.2, 0.25) is 0 Å². The van der Waals surface area contributed by atoms with Crippen molar-refractivity contribution in [1.29, 1.82) is 0 Å². The highest BCUT2D eigenvalue weighted by molar-refractivity contribution is 5.79. The number of benzene rings is 1. The number of aromatic nitrogens is 1. The zero-order valence-corrected chi connectivity index (χ0v) is 15.3. The lowest BCUT2D eigenvalue weighted by Crippen LogP contribution is -2.38. The average molecular weight is 339 g/mol. The first-order valence-electron chi connectivity index (χ1n) is 8.98. The molecule has 1 aromatic carbocycles. The van der Waals surface area contributed by atoms with E-state index in [1.54, 1.807) is 6.20 Å². The molecule has 2 rings (SSSR count). The summed E-state index contributed by atoms with van der Waals surface area (Å²) in [4.78, 5) is 11.2. The van der Waals surface area contributed by atoms with Gasteiger partial charge in [0.25, 0.3) is 0 Å². The fourth-order valence-electron chi connectivity index (χ4n) is 2.49. The number of hydrogen-bond acceptors (Lipinski definition) is 3. The molecule has 0 bridgehead atoms. The summed E-state index contributed by atoms with van der Waals surface area (Å²) < 4.78 is 0. The van der Waals surface area contributed by atoms with Gasteiger partial charge < -0.3 is 15.5 Å². The zero-order valence-electron chi connectivity index (χ0n) is 15.3. The van der Waals surface area contributed by atoms with E-state index in [9.17, 15) is 0 Å². The van der Waals surface area contributed by atoms with Crippen LogP contribution in [0.5, 0.6) is 0 Å². The highest BCUT2D eigenvalue weighted by Crippen LogP contribution is 2.11. The first kappa shape index (κ1) is 18.8. The molecule has 0 fully saturated rings. The van der Waals surface area contributed by atoms with Gasteiger partial charge in [-0.3, -0.25) is 4.98 Å². The van der Waals surface area contributed by atoms with Crippen molar-refractivity contribution in [3.63, 3.8) is 0 Å². The van der Waals surface area contributed by atoms with Crippen molar-refractivity contribution >= 4 is 11.6 Å². The maximum atomic E-state index is 4.59. The average Bonchev–Trinajstić information content (AvgIpc) is 2.67. The van der Waals surface area contributed by atoms with Crippen LogP contribution in [0.15, 0.2) is 59.7 Å². The van der Waals surface area contributed by atoms with E-state index < -0.39 is 0 Å². The Labute approximate surface area is 151 Å². The number of nitrogens with one attached hydrogen (secondary N) is 2. The van der Waals surface area contributed by atoms with Gasteiger partial charge in [0, 0.05) is 38.6 Å². The normalized spacial score (nSPS) is 11.2. The molecule has 134 valence electrons. The highest BCUT2D eigenvalue weighted by Gasteiger charge is 2.01. The lowest BCUT2D eigenvalue weighted by molar-refractivity contribution is 0.686. The summed E-state index contributed by atoms with van der Waals surface area (Å²) in [6.45, 7) is 5.48. The van der Waals surface area contributed by atoms with Gasteiger partial charge in [0.15, 0.2) is 5.96 Å². The number of nitrogens with zero attached hydrogens (tertiary/aromatic N) is 3. The lowest BCUT2D eigenvalue weighted by Gasteiger charge is -2.19. The Morgan fingerprint density at radius 1 is 1.04 bits per heavy atom. The molecule has 0 radical (unpaired) electrons. The van der Waals surface area contributed by atoms with Crippen LogP contribution < -0.4 is 15.5 Å². The van der Waals surface area contributed by atoms with Crippen LogP contribution in [-0.2, 0) is 6.54 Å². The Kier molecular flexibility index (Phi) is 8.32. The van der Waals surface area contributed by atoms with Gasteiger partial charge in [-0.1, -0.05) is 24.3 Å². The summed E-state index contributed by atoms with van der Waals surface area (Å²) in [5.41, 5.74) is 2.24. The molecule has 0 spiro atoms. The van der Waals surface area contributed by atoms with Gasteiger partial charge in [0.05, 0.1) is 12.2 Å². The van der Waals surface area contributed by atoms with Crippen molar-refractivity contribution in [3.8, 4) is 0 Å². The number of aliphatic imine (C=N–C) groups is 1. The molecule has 0 atom stereocenters. The van der Waals surface area contributed by atoms with Crippen molar-refractivity contribution in [1.82, 2.24) is 15.6 Å². The standard InChI is InChI=1S/C20H29N5/c1-3-21-20(24-17-18-11-7-8-14-22-18)23-15-9-10-16-25(2)19-12-5-4-6-13-19/h4-8,11-14H,3,9-10,15-17H2,1-2H3,(H2,21,23,24). The van der Waals surface area contributed by atoms with Crippen LogP contribution in [0.4, 0.5) is 5.69 Å². The summed E-state index contributed by atoms with van der Waals surface area (Å²) in [6.07, 6.45) is 4.04. The minimum Gasteiger partial charge on any atom is -0.375 e. The Bertz CT molecular complexity index is 612. The Hall–Kier alpha value is -2.56. The van der Waals surface area contributed by atoms with Gasteiger partial charge in [-0.25, -0.2) is 4.99 Å². The number of rotatable bonds is 9. The van der Waals surface area contributed by atoms with Crippen LogP contribution in [0.3, 0.4) is 0 Å². The maximum Gasteiger partial charge on any atom is 0.191 e. The number of para-hydroxylation sites is 1. The molecule has 0 aliphatic heterocycles. The van der Waals surface area contributed by atoms with Gasteiger partial charge in [-0.2, -0.15) is 0 Å². The smallest absolute Gasteiger partial charge is 0.191 e. The van der Waals surface area contributed by atoms with Gasteiger partial charge in [0.1, 0.15) is 0 Å². The van der Waals surface area contributed by atoms with E-state index in [2.05, 4.69) is 63.7 Å². The Morgan fingerprint density at radius 3 is 2.56 bits per heavy atom. The summed E-state index contributed by atoms with van der Waals surface area (Å²) in [7, 11) is 2.14. The van der Waals surface area contributed by atoms with E-state index in [-0.39, 0.29) is 0 Å². The Balaban J connectivity index is 1.68. The van der Waals surface area contributed by atoms with E-state index in [1.807, 2.05) is 24.3 Å². The molecular formula is C20H29N5. The van der Waals surface area contributed by atoms with Gasteiger partial charge in [-0.05, 0) is 44.0 Å². The molecule has 0 saturated heterocycles. The summed E-state index contributed by atoms with van der Waals surface area (Å²) in [6, 6.07) is 16.4. The number of hydrogen-bond donors (Lipinski definition) is 2. The fourth-order valence-corrected chi connectivity index (χ4v) is 2.49. The third-order valence-electron chi connectivity index (χ3n) is 3.88. The zero-order chi connectivity index (χ0) is 17.7. The molecule has 5 heteroatoms. The predicted molar refractivity (Wildman–Crippen MR) is 106 cm³/mol. The van der Waals surface area contributed by atoms with Gasteiger partial charge in [0.2, 0.25) is 0 Å². The molecule has 2 N–H and O–H groups in total. The van der Waals surface area contributed by atoms with Crippen LogP contribution in [0, 0.1) is 0 Å². The van der Waals surface area contributed by atoms with Crippen LogP contribution >= 0.6 is 0 Å². The molecule has 1 heterocycles. The number of guanidine groups is 1. The minimum absolute atomic E-state index is 0.590. The number of unbranched alkanes of at least 4 members (excludes halogenated alkanes) is 1. The van der Waals surface area contributed by atoms with E-state index in [0.717, 1.165) is 44.1 Å². The highest BCUT2D eigenvalue weighted by atomic mass is 15.2. The van der Waals surface area contributed by atoms with Gasteiger partial charge in [-0.15, -0.1) is 0 Å². The quantitative estimate of drug-likeness (QED) is 0.419. The van der Waals surface area contributed by atoms with Crippen molar-refractivity contribution in [2.45, 2.75) is 26.3 Å². The summed E-state index contributed by atoms with van der Waals surface area (Å²) in [5, 5.41) is 6.68. The largest absolute Gasteiger partial charge is 0.375 e. The molecule has 0 aliphatic carbocycles. The molecular weight excluding hydrogens is 310 g/mol. The SMILES string of the molecule is CCNC(=NCc1ccccn1)NCCCCN(C)c1ccccc1. The minimum atomic E-state index is 0.590. The molecule has 0 saturated carbocycles. The Morgan fingerprint density at radius 2 is 1.84 bits per heavy atom. The lowest BCUT2D eigenvalue weighted by atomic mass is 10.2. The number of anilines is 1. The second kappa shape index (κ2) is 11.1. The molecule has 1 aromatic heterocycles. The summed E-state index contributed by atoms with van der Waals surface area (Å²) >= 11 is 0. The van der Waals surface area contributed by atoms with E-state index >= 15 is 0 Å². The topological polar surface area (TPSA) is 52.6 Å². The molecule has 0 unspecified atom stereocenters. The van der Waals surface area contributed by atoms with E-state index in [0.29, 0.717) is 6.54 Å². The van der Waals surface area contributed by atoms with Crippen LogP contribution in [0.25, 0.3) is 0 Å². The van der Waals surface area contributed by atoms with Crippen molar-refractivity contribution in [3.05, 3.63) is 60.4 Å². The van der Waals surface area contributed by atoms with Crippen molar-refractivity contribution in [2.75, 3.05) is 31.6 Å². The monoisotopic (exact) mass is 339 g/mol. The second-order valence-electron chi connectivity index (χ2n) is 5.91. The van der Waals surface area contributed by atoms with Crippen LogP contribution in [-0.4, -0.2) is 37.6 Å². The number of pyridine rings is 1. The molecule has 25 heavy (non-hydrogen) atoms. The fraction of sp³-hybridized carbons (Fsp3) is 0.400. The maximum absolute atomic E-state index is 4.59. The van der Waals surface area contributed by atoms with Gasteiger partial charge >= 0.3 is 0 Å². The first-order valence-corrected chi connectivity index (χ1v) is 8.98. The molecule has 2 aromatic rings. The third-order valence-corrected chi connectivity index (χ3v) is 3.88. The first-order chi connectivity index (χ1) is 12.3. The van der Waals surface area contributed by atoms with Crippen molar-refractivity contribution in [2.24, 2.45) is 4.99 Å². The third kappa shape index (κ3) is 7.25. The van der Waals surface area contributed by atoms with Crippen LogP contribution in [0.1, 0.15) is 25.5 Å². The molecule has 0 aliphatic rings. The molecule has 0 amide bonds. The van der Waals surface area contributed by atoms with E-state index in [1.165, 1.54) is 5.69 Å². The summed E-state index contributed by atoms with van der Waals surface area (Å²) in [5.74, 6) is 0.851. The van der Waals surface area contributed by atoms with E-state index in [4.69, 9.17) is 0 Å². The van der Waals surface area contributed by atoms with Crippen molar-refractivity contribution < 1.29 is 0 Å². The predicted octanol–water partition coefficient (Wildman–Crippen LogP) is 3.05. The molecule has 5 nitrogen and oxygen atoms in total.